The van der Waals surface area contributed by atoms with Crippen molar-refractivity contribution in [3.05, 3.63) is 47.7 Å². The fourth-order valence-electron chi connectivity index (χ4n) is 1.93. The maximum Gasteiger partial charge on any atom is 0.278 e. The number of carbonyl (C=O) groups is 1. The summed E-state index contributed by atoms with van der Waals surface area (Å²) in [6.07, 6.45) is 1.67. The zero-order valence-electron chi connectivity index (χ0n) is 10.4. The Bertz CT molecular complexity index is 675. The Hall–Kier alpha value is -2.21. The van der Waals surface area contributed by atoms with Crippen molar-refractivity contribution in [1.29, 1.82) is 0 Å². The van der Waals surface area contributed by atoms with Gasteiger partial charge in [-0.2, -0.15) is 5.10 Å². The van der Waals surface area contributed by atoms with Crippen molar-refractivity contribution in [2.75, 3.05) is 11.4 Å². The van der Waals surface area contributed by atoms with Crippen LogP contribution in [-0.4, -0.2) is 27.0 Å². The normalized spacial score (nSPS) is 10.8. The van der Waals surface area contributed by atoms with Gasteiger partial charge in [0.1, 0.15) is 11.2 Å². The molecule has 0 saturated heterocycles. The lowest BCUT2D eigenvalue weighted by molar-refractivity contribution is 0.0984. The van der Waals surface area contributed by atoms with E-state index in [1.807, 2.05) is 37.3 Å². The lowest BCUT2D eigenvalue weighted by Gasteiger charge is -2.19. The van der Waals surface area contributed by atoms with E-state index >= 15 is 0 Å². The van der Waals surface area contributed by atoms with E-state index in [1.165, 1.54) is 11.3 Å². The van der Waals surface area contributed by atoms with Gasteiger partial charge in [-0.05, 0) is 19.1 Å². The summed E-state index contributed by atoms with van der Waals surface area (Å²) in [5.41, 5.74) is 3.00. The van der Waals surface area contributed by atoms with Crippen molar-refractivity contribution in [2.24, 2.45) is 0 Å². The van der Waals surface area contributed by atoms with E-state index in [4.69, 9.17) is 0 Å². The molecule has 0 radical (unpaired) electrons. The predicted molar refractivity (Wildman–Crippen MR) is 74.7 cm³/mol. The molecule has 6 heteroatoms. The van der Waals surface area contributed by atoms with Crippen molar-refractivity contribution < 1.29 is 4.79 Å². The fourth-order valence-corrected chi connectivity index (χ4v) is 2.53. The zero-order valence-corrected chi connectivity index (χ0v) is 11.2. The number of carbonyl (C=O) groups excluding carboxylic acids is 1. The second-order valence-electron chi connectivity index (χ2n) is 3.98. The molecule has 0 atom stereocenters. The molecule has 2 aromatic heterocycles. The number of anilines is 1. The van der Waals surface area contributed by atoms with Crippen LogP contribution in [0, 0.1) is 0 Å². The van der Waals surface area contributed by atoms with Crippen LogP contribution in [0.4, 0.5) is 5.69 Å². The maximum absolute atomic E-state index is 12.5. The lowest BCUT2D eigenvalue weighted by Crippen LogP contribution is -2.30. The van der Waals surface area contributed by atoms with Crippen LogP contribution < -0.4 is 4.90 Å². The molecule has 3 rings (SSSR count). The smallest absolute Gasteiger partial charge is 0.278 e. The van der Waals surface area contributed by atoms with E-state index in [0.717, 1.165) is 10.6 Å². The summed E-state index contributed by atoms with van der Waals surface area (Å²) in [6, 6.07) is 9.59. The van der Waals surface area contributed by atoms with Gasteiger partial charge in [0.2, 0.25) is 4.96 Å². The van der Waals surface area contributed by atoms with Crippen molar-refractivity contribution in [1.82, 2.24) is 14.6 Å². The summed E-state index contributed by atoms with van der Waals surface area (Å²) >= 11 is 1.41. The molecule has 2 heterocycles. The van der Waals surface area contributed by atoms with Crippen LogP contribution in [0.3, 0.4) is 0 Å². The molecular formula is C13H12N4OS. The summed E-state index contributed by atoms with van der Waals surface area (Å²) in [5.74, 6) is -0.105. The minimum Gasteiger partial charge on any atom is -0.307 e. The Kier molecular flexibility index (Phi) is 3.00. The molecule has 0 spiro atoms. The van der Waals surface area contributed by atoms with E-state index < -0.39 is 0 Å². The molecule has 1 aromatic carbocycles. The molecule has 1 amide bonds. The van der Waals surface area contributed by atoms with Crippen LogP contribution in [-0.2, 0) is 0 Å². The van der Waals surface area contributed by atoms with Crippen molar-refractivity contribution >= 4 is 27.9 Å². The standard InChI is InChI=1S/C13H12N4OS/c1-2-16(10-6-4-3-5-7-10)12(18)11-8-17-13(15-11)19-9-14-17/h3-9H,2H2,1H3. The molecule has 3 aromatic rings. The van der Waals surface area contributed by atoms with Gasteiger partial charge in [-0.25, -0.2) is 9.50 Å². The molecule has 0 N–H and O–H groups in total. The molecule has 0 bridgehead atoms. The van der Waals surface area contributed by atoms with E-state index in [0.29, 0.717) is 12.2 Å². The monoisotopic (exact) mass is 272 g/mol. The first kappa shape index (κ1) is 11.9. The van der Waals surface area contributed by atoms with Gasteiger partial charge >= 0.3 is 0 Å². The van der Waals surface area contributed by atoms with Gasteiger partial charge in [0.15, 0.2) is 0 Å². The number of para-hydroxylation sites is 1. The van der Waals surface area contributed by atoms with Crippen molar-refractivity contribution in [3.8, 4) is 0 Å². The molecule has 0 aliphatic carbocycles. The Morgan fingerprint density at radius 1 is 1.37 bits per heavy atom. The highest BCUT2D eigenvalue weighted by atomic mass is 32.1. The molecule has 96 valence electrons. The van der Waals surface area contributed by atoms with E-state index in [9.17, 15) is 4.79 Å². The molecular weight excluding hydrogens is 260 g/mol. The first-order chi connectivity index (χ1) is 9.29. The summed E-state index contributed by atoms with van der Waals surface area (Å²) in [5, 5.41) is 4.08. The van der Waals surface area contributed by atoms with Crippen molar-refractivity contribution in [3.63, 3.8) is 0 Å². The van der Waals surface area contributed by atoms with Gasteiger partial charge in [0, 0.05) is 12.2 Å². The highest BCUT2D eigenvalue weighted by Crippen LogP contribution is 2.17. The Morgan fingerprint density at radius 2 is 2.16 bits per heavy atom. The van der Waals surface area contributed by atoms with Crippen LogP contribution in [0.2, 0.25) is 0 Å². The largest absolute Gasteiger partial charge is 0.307 e. The Morgan fingerprint density at radius 3 is 2.84 bits per heavy atom. The van der Waals surface area contributed by atoms with Gasteiger partial charge in [-0.3, -0.25) is 4.79 Å². The summed E-state index contributed by atoms with van der Waals surface area (Å²) in [4.78, 5) is 19.2. The van der Waals surface area contributed by atoms with Gasteiger partial charge in [0.05, 0.1) is 6.20 Å². The number of rotatable bonds is 3. The number of benzene rings is 1. The minimum absolute atomic E-state index is 0.105. The van der Waals surface area contributed by atoms with Gasteiger partial charge in [0.25, 0.3) is 5.91 Å². The predicted octanol–water partition coefficient (Wildman–Crippen LogP) is 2.46. The number of nitrogens with zero attached hydrogens (tertiary/aromatic N) is 4. The topological polar surface area (TPSA) is 50.5 Å². The molecule has 0 fully saturated rings. The second-order valence-corrected chi connectivity index (χ2v) is 4.79. The second kappa shape index (κ2) is 4.81. The average Bonchev–Trinajstić information content (AvgIpc) is 3.01. The first-order valence-electron chi connectivity index (χ1n) is 5.95. The molecule has 19 heavy (non-hydrogen) atoms. The maximum atomic E-state index is 12.5. The summed E-state index contributed by atoms with van der Waals surface area (Å²) < 4.78 is 1.62. The van der Waals surface area contributed by atoms with Gasteiger partial charge < -0.3 is 4.90 Å². The summed E-state index contributed by atoms with van der Waals surface area (Å²) in [6.45, 7) is 2.54. The quantitative estimate of drug-likeness (QED) is 0.736. The minimum atomic E-state index is -0.105. The Balaban J connectivity index is 1.95. The molecule has 0 saturated carbocycles. The van der Waals surface area contributed by atoms with Crippen LogP contribution in [0.5, 0.6) is 0 Å². The van der Waals surface area contributed by atoms with Gasteiger partial charge in [-0.15, -0.1) is 0 Å². The van der Waals surface area contributed by atoms with E-state index in [-0.39, 0.29) is 5.91 Å². The number of amides is 1. The number of fused-ring (bicyclic) bond motifs is 1. The Labute approximate surface area is 114 Å². The third kappa shape index (κ3) is 2.10. The van der Waals surface area contributed by atoms with E-state index in [2.05, 4.69) is 10.1 Å². The molecule has 0 aliphatic heterocycles. The third-order valence-electron chi connectivity index (χ3n) is 2.83. The summed E-state index contributed by atoms with van der Waals surface area (Å²) in [7, 11) is 0. The first-order valence-corrected chi connectivity index (χ1v) is 6.83. The average molecular weight is 272 g/mol. The van der Waals surface area contributed by atoms with Crippen LogP contribution >= 0.6 is 11.3 Å². The van der Waals surface area contributed by atoms with Crippen molar-refractivity contribution in [2.45, 2.75) is 6.92 Å². The van der Waals surface area contributed by atoms with Gasteiger partial charge in [-0.1, -0.05) is 29.5 Å². The molecule has 5 nitrogen and oxygen atoms in total. The third-order valence-corrected chi connectivity index (χ3v) is 3.52. The van der Waals surface area contributed by atoms with E-state index in [1.54, 1.807) is 21.1 Å². The van der Waals surface area contributed by atoms with Crippen LogP contribution in [0.15, 0.2) is 42.0 Å². The molecule has 0 aliphatic rings. The van der Waals surface area contributed by atoms with Crippen LogP contribution in [0.1, 0.15) is 17.4 Å². The number of hydrogen-bond acceptors (Lipinski definition) is 4. The van der Waals surface area contributed by atoms with Crippen LogP contribution in [0.25, 0.3) is 4.96 Å². The number of aromatic nitrogens is 3. The fraction of sp³-hybridized carbons (Fsp3) is 0.154. The SMILES string of the molecule is CCN(C(=O)c1cn2ncsc2n1)c1ccccc1. The molecule has 0 unspecified atom stereocenters. The number of hydrogen-bond donors (Lipinski definition) is 0. The zero-order chi connectivity index (χ0) is 13.2. The highest BCUT2D eigenvalue weighted by molar-refractivity contribution is 7.14. The lowest BCUT2D eigenvalue weighted by atomic mass is 10.2. The highest BCUT2D eigenvalue weighted by Gasteiger charge is 2.19. The number of imidazole rings is 1.